The van der Waals surface area contributed by atoms with Gasteiger partial charge in [-0.05, 0) is 0 Å². The molecule has 0 saturated carbocycles. The van der Waals surface area contributed by atoms with Crippen molar-refractivity contribution in [3.05, 3.63) is 0 Å². The third kappa shape index (κ3) is 105000. The Morgan fingerprint density at radius 3 is 1.57 bits per heavy atom. The fraction of sp³-hybridized carbons (Fsp3) is 0.500. The molecule has 0 spiro atoms. The summed E-state index contributed by atoms with van der Waals surface area (Å²) >= 11 is 2.24. The zero-order chi connectivity index (χ0) is 6.28. The van der Waals surface area contributed by atoms with Gasteiger partial charge in [0.2, 0.25) is 0 Å². The van der Waals surface area contributed by atoms with E-state index in [4.69, 9.17) is 8.42 Å². The van der Waals surface area contributed by atoms with E-state index in [0.717, 1.165) is 0 Å². The van der Waals surface area contributed by atoms with Crippen LogP contribution < -0.4 is 0 Å². The second-order valence-corrected chi connectivity index (χ2v) is 1.37. The highest BCUT2D eigenvalue weighted by Gasteiger charge is 1.63. The molecule has 44 valence electrons. The van der Waals surface area contributed by atoms with Crippen molar-refractivity contribution in [3.63, 3.8) is 0 Å². The minimum atomic E-state index is -1.08. The van der Waals surface area contributed by atoms with Crippen molar-refractivity contribution in [2.75, 3.05) is 0 Å². The van der Waals surface area contributed by atoms with Crippen LogP contribution in [0.4, 0.5) is 0 Å². The Labute approximate surface area is 50.1 Å². The van der Waals surface area contributed by atoms with Crippen molar-refractivity contribution in [3.8, 4) is 0 Å². The molecule has 0 saturated heterocycles. The molecule has 7 heavy (non-hydrogen) atoms. The highest BCUT2D eigenvalue weighted by molar-refractivity contribution is 7.96. The lowest BCUT2D eigenvalue weighted by atomic mass is 10.9. The minimum Gasteiger partial charge on any atom is -0.427 e. The molecular formula is C2H5O3S2-. The molecule has 0 rings (SSSR count). The normalized spacial score (nSPS) is 6.00. The maximum Gasteiger partial charge on any atom is 0.182 e. The van der Waals surface area contributed by atoms with Gasteiger partial charge < -0.3 is 8.42 Å². The summed E-state index contributed by atoms with van der Waals surface area (Å²) in [5, 5.41) is -0.139. The Bertz CT molecular complexity index is 78.9. The van der Waals surface area contributed by atoms with E-state index in [0.29, 0.717) is 0 Å². The second kappa shape index (κ2) is 9.36. The van der Waals surface area contributed by atoms with Gasteiger partial charge in [0.25, 0.3) is 0 Å². The maximum absolute atomic E-state index is 9.31. The van der Waals surface area contributed by atoms with Crippen LogP contribution in [-0.2, 0) is 24.8 Å². The van der Waals surface area contributed by atoms with Crippen LogP contribution in [0.25, 0.3) is 0 Å². The molecule has 0 radical (unpaired) electrons. The molecule has 0 heterocycles. The molecule has 0 aliphatic heterocycles. The van der Waals surface area contributed by atoms with E-state index in [1.54, 1.807) is 0 Å². The fourth-order valence-corrected chi connectivity index (χ4v) is 0. The lowest BCUT2D eigenvalue weighted by molar-refractivity contribution is -0.108. The number of carbonyl (C=O) groups excluding carboxylic acids is 1. The fourth-order valence-electron chi connectivity index (χ4n) is 0. The molecule has 5 heteroatoms. The zero-order valence-electron chi connectivity index (χ0n) is 3.62. The lowest BCUT2D eigenvalue weighted by Crippen LogP contribution is -1.62. The first-order valence-electron chi connectivity index (χ1n) is 1.29. The average molecular weight is 141 g/mol. The quantitative estimate of drug-likeness (QED) is 0.380. The molecule has 0 aliphatic rings. The van der Waals surface area contributed by atoms with Crippen molar-refractivity contribution in [1.82, 2.24) is 0 Å². The summed E-state index contributed by atoms with van der Waals surface area (Å²) in [6.45, 7) is 1.39. The van der Waals surface area contributed by atoms with E-state index in [9.17, 15) is 4.79 Å². The molecule has 0 N–H and O–H groups in total. The Morgan fingerprint density at radius 1 is 1.57 bits per heavy atom. The molecule has 0 aromatic heterocycles. The molecular weight excluding hydrogens is 136 g/mol. The largest absolute Gasteiger partial charge is 0.427 e. The summed E-state index contributed by atoms with van der Waals surface area (Å²) in [6, 6.07) is 0. The highest BCUT2D eigenvalue weighted by Crippen LogP contribution is 1.66. The Hall–Kier alpha value is -0.0300. The molecule has 0 bridgehead atoms. The Balaban J connectivity index is 0. The van der Waals surface area contributed by atoms with Crippen molar-refractivity contribution in [1.29, 1.82) is 0 Å². The zero-order valence-corrected chi connectivity index (χ0v) is 5.41. The number of hydrogen-bond acceptors (Lipinski definition) is 4. The van der Waals surface area contributed by atoms with E-state index in [2.05, 4.69) is 12.6 Å². The monoisotopic (exact) mass is 141 g/mol. The molecule has 0 fully saturated rings. The number of hydrogen-bond donors (Lipinski definition) is 1. The molecule has 0 amide bonds. The first-order valence-corrected chi connectivity index (χ1v) is 2.47. The number of thiol groups is 2. The molecule has 0 unspecified atom stereocenters. The lowest BCUT2D eigenvalue weighted by Gasteiger charge is -1.55. The summed E-state index contributed by atoms with van der Waals surface area (Å²) < 4.78 is 16.7. The average Bonchev–Trinajstić information content (AvgIpc) is 1.33. The smallest absolute Gasteiger partial charge is 0.182 e. The van der Waals surface area contributed by atoms with Crippen molar-refractivity contribution in [2.45, 2.75) is 6.92 Å². The van der Waals surface area contributed by atoms with Gasteiger partial charge in [-0.2, -0.15) is 0 Å². The summed E-state index contributed by atoms with van der Waals surface area (Å²) in [5.41, 5.74) is 0. The predicted octanol–water partition coefficient (Wildman–Crippen LogP) is -0.0450. The maximum atomic E-state index is 9.31. The molecule has 0 aliphatic carbocycles. The molecule has 0 aromatic rings. The summed E-state index contributed by atoms with van der Waals surface area (Å²) in [6.07, 6.45) is 0. The summed E-state index contributed by atoms with van der Waals surface area (Å²) in [5.74, 6) is 0. The third-order valence-corrected chi connectivity index (χ3v) is 0. The Morgan fingerprint density at radius 2 is 1.57 bits per heavy atom. The third-order valence-electron chi connectivity index (χ3n) is 0. The number of rotatable bonds is 0. The first-order chi connectivity index (χ1) is 3.15. The predicted molar refractivity (Wildman–Crippen MR) is 29.8 cm³/mol. The van der Waals surface area contributed by atoms with Gasteiger partial charge in [0.15, 0.2) is 5.12 Å². The Kier molecular flexibility index (Phi) is 13.4. The van der Waals surface area contributed by atoms with E-state index in [-0.39, 0.29) is 5.12 Å². The van der Waals surface area contributed by atoms with Crippen LogP contribution in [0, 0.1) is 0 Å². The van der Waals surface area contributed by atoms with Gasteiger partial charge in [0.05, 0.1) is 0 Å². The van der Waals surface area contributed by atoms with Crippen LogP contribution in [0.15, 0.2) is 0 Å². The van der Waals surface area contributed by atoms with Crippen LogP contribution in [0.1, 0.15) is 6.92 Å². The standard InChI is InChI=1S/C2H4OS.HO2S/c1-2(3)4;1-3-2/h1H3,(H,3,4);3H/q;-1. The van der Waals surface area contributed by atoms with E-state index in [1.807, 2.05) is 0 Å². The van der Waals surface area contributed by atoms with Crippen molar-refractivity contribution in [2.24, 2.45) is 0 Å². The van der Waals surface area contributed by atoms with Crippen molar-refractivity contribution >= 4 is 29.3 Å². The van der Waals surface area contributed by atoms with Crippen LogP contribution in [0.5, 0.6) is 0 Å². The van der Waals surface area contributed by atoms with Gasteiger partial charge in [-0.1, -0.05) is 11.6 Å². The van der Waals surface area contributed by atoms with Gasteiger partial charge in [0.1, 0.15) is 0 Å². The first kappa shape index (κ1) is 10.1. The molecule has 3 nitrogen and oxygen atoms in total. The highest BCUT2D eigenvalue weighted by atomic mass is 32.1. The van der Waals surface area contributed by atoms with Crippen molar-refractivity contribution < 1.29 is 13.2 Å². The van der Waals surface area contributed by atoms with Gasteiger partial charge in [-0.3, -0.25) is 4.79 Å². The van der Waals surface area contributed by atoms with E-state index < -0.39 is 11.6 Å². The van der Waals surface area contributed by atoms with E-state index in [1.165, 1.54) is 6.92 Å². The van der Waals surface area contributed by atoms with Crippen LogP contribution in [0.2, 0.25) is 0 Å². The number of carbonyl (C=O) groups is 1. The van der Waals surface area contributed by atoms with Gasteiger partial charge in [0, 0.05) is 6.92 Å². The van der Waals surface area contributed by atoms with Gasteiger partial charge in [-0.15, -0.1) is 12.6 Å². The SMILES string of the molecule is CC(=O)S.O=[SH-]=O. The van der Waals surface area contributed by atoms with E-state index >= 15 is 0 Å². The minimum absolute atomic E-state index is 0.139. The van der Waals surface area contributed by atoms with Gasteiger partial charge in [-0.25, -0.2) is 0 Å². The van der Waals surface area contributed by atoms with Crippen LogP contribution in [0.3, 0.4) is 0 Å². The summed E-state index contributed by atoms with van der Waals surface area (Å²) in [7, 11) is 0. The second-order valence-electron chi connectivity index (χ2n) is 0.594. The molecule has 0 aromatic carbocycles. The molecule has 0 atom stereocenters. The topological polar surface area (TPSA) is 51.2 Å². The van der Waals surface area contributed by atoms with Crippen LogP contribution in [-0.4, -0.2) is 5.12 Å². The summed E-state index contributed by atoms with van der Waals surface area (Å²) in [4.78, 5) is 9.31. The van der Waals surface area contributed by atoms with Gasteiger partial charge >= 0.3 is 0 Å². The van der Waals surface area contributed by atoms with Crippen LogP contribution >= 0.6 is 12.6 Å².